The number of guanidine groups is 1. The Morgan fingerprint density at radius 1 is 1.57 bits per heavy atom. The summed E-state index contributed by atoms with van der Waals surface area (Å²) in [5.74, 6) is 0.945. The van der Waals surface area contributed by atoms with Crippen molar-refractivity contribution in [3.63, 3.8) is 0 Å². The summed E-state index contributed by atoms with van der Waals surface area (Å²) in [5, 5.41) is 6.09. The Bertz CT molecular complexity index is 572. The first-order valence-corrected chi connectivity index (χ1v) is 8.19. The largest absolute Gasteiger partial charge is 0.399 e. The standard InChI is InChI=1S/C14H21N5OS/c1-3-11-9-17-19(10-11)14(16-4-2)18-21(20)13-7-5-6-12(15)8-13/h5-9,11H,3-4,10,15H2,1-2H3,(H,16,18). The van der Waals surface area contributed by atoms with Gasteiger partial charge in [-0.3, -0.25) is 9.71 Å². The molecule has 3 N–H and O–H groups in total. The summed E-state index contributed by atoms with van der Waals surface area (Å²) in [4.78, 5) is 4.98. The van der Waals surface area contributed by atoms with Gasteiger partial charge in [-0.05, 0) is 31.5 Å². The van der Waals surface area contributed by atoms with Crippen LogP contribution in [0.4, 0.5) is 5.69 Å². The van der Waals surface area contributed by atoms with Crippen molar-refractivity contribution >= 4 is 28.8 Å². The minimum Gasteiger partial charge on any atom is -0.399 e. The second-order valence-corrected chi connectivity index (χ2v) is 5.97. The quantitative estimate of drug-likeness (QED) is 0.503. The fraction of sp³-hybridized carbons (Fsp3) is 0.429. The van der Waals surface area contributed by atoms with Crippen LogP contribution >= 0.6 is 0 Å². The van der Waals surface area contributed by atoms with E-state index in [4.69, 9.17) is 5.73 Å². The molecule has 0 aromatic heterocycles. The highest BCUT2D eigenvalue weighted by Crippen LogP contribution is 2.13. The number of anilines is 1. The minimum absolute atomic E-state index is 0.412. The van der Waals surface area contributed by atoms with Crippen LogP contribution in [-0.2, 0) is 11.0 Å². The average Bonchev–Trinajstić information content (AvgIpc) is 2.95. The van der Waals surface area contributed by atoms with Crippen LogP contribution in [0.15, 0.2) is 39.3 Å². The van der Waals surface area contributed by atoms with Crippen LogP contribution in [0.1, 0.15) is 20.3 Å². The number of benzene rings is 1. The zero-order valence-corrected chi connectivity index (χ0v) is 13.1. The van der Waals surface area contributed by atoms with Gasteiger partial charge in [-0.15, -0.1) is 0 Å². The third-order valence-electron chi connectivity index (χ3n) is 3.16. The first kappa shape index (κ1) is 15.5. The van der Waals surface area contributed by atoms with E-state index >= 15 is 0 Å². The number of nitrogens with one attached hydrogen (secondary N) is 1. The monoisotopic (exact) mass is 307 g/mol. The normalized spacial score (nSPS) is 19.8. The summed E-state index contributed by atoms with van der Waals surface area (Å²) in [5.41, 5.74) is 6.30. The predicted octanol–water partition coefficient (Wildman–Crippen LogP) is 1.58. The molecule has 0 fully saturated rings. The van der Waals surface area contributed by atoms with Crippen LogP contribution in [0.2, 0.25) is 0 Å². The lowest BCUT2D eigenvalue weighted by Crippen LogP contribution is -2.39. The van der Waals surface area contributed by atoms with Crippen LogP contribution in [0.25, 0.3) is 0 Å². The Morgan fingerprint density at radius 2 is 2.38 bits per heavy atom. The Kier molecular flexibility index (Phi) is 5.32. The van der Waals surface area contributed by atoms with Gasteiger partial charge >= 0.3 is 0 Å². The summed E-state index contributed by atoms with van der Waals surface area (Å²) in [6, 6.07) is 7.00. The van der Waals surface area contributed by atoms with E-state index < -0.39 is 11.0 Å². The molecule has 7 heteroatoms. The Balaban J connectivity index is 2.09. The van der Waals surface area contributed by atoms with E-state index in [0.29, 0.717) is 29.0 Å². The van der Waals surface area contributed by atoms with Crippen molar-refractivity contribution in [2.24, 2.45) is 16.0 Å². The second-order valence-electron chi connectivity index (χ2n) is 4.76. The first-order valence-electron chi connectivity index (χ1n) is 7.04. The summed E-state index contributed by atoms with van der Waals surface area (Å²) in [6.07, 6.45) is 2.94. The lowest BCUT2D eigenvalue weighted by Gasteiger charge is -2.18. The third kappa shape index (κ3) is 4.04. The van der Waals surface area contributed by atoms with Gasteiger partial charge in [0.15, 0.2) is 11.0 Å². The molecule has 2 unspecified atom stereocenters. The lowest BCUT2D eigenvalue weighted by atomic mass is 10.1. The van der Waals surface area contributed by atoms with Crippen LogP contribution in [0.5, 0.6) is 0 Å². The van der Waals surface area contributed by atoms with Gasteiger partial charge in [0.25, 0.3) is 0 Å². The molecule has 0 radical (unpaired) electrons. The molecule has 0 spiro atoms. The van der Waals surface area contributed by atoms with Gasteiger partial charge in [0.05, 0.1) is 11.4 Å². The number of hydrazone groups is 1. The highest BCUT2D eigenvalue weighted by molar-refractivity contribution is 7.83. The molecule has 21 heavy (non-hydrogen) atoms. The van der Waals surface area contributed by atoms with Gasteiger partial charge in [-0.25, -0.2) is 9.22 Å². The fourth-order valence-corrected chi connectivity index (χ4v) is 2.85. The number of nitrogens with two attached hydrogens (primary N) is 1. The number of nitrogens with zero attached hydrogens (tertiary/aromatic N) is 3. The Hall–Kier alpha value is -1.89. The predicted molar refractivity (Wildman–Crippen MR) is 87.4 cm³/mol. The number of hydrogen-bond donors (Lipinski definition) is 2. The molecule has 114 valence electrons. The first-order chi connectivity index (χ1) is 10.1. The van der Waals surface area contributed by atoms with Gasteiger partial charge in [0, 0.05) is 24.4 Å². The van der Waals surface area contributed by atoms with E-state index in [1.807, 2.05) is 13.1 Å². The van der Waals surface area contributed by atoms with Gasteiger partial charge < -0.3 is 5.73 Å². The summed E-state index contributed by atoms with van der Waals surface area (Å²) >= 11 is 0. The van der Waals surface area contributed by atoms with Crippen molar-refractivity contribution in [3.05, 3.63) is 24.3 Å². The van der Waals surface area contributed by atoms with Crippen molar-refractivity contribution in [1.82, 2.24) is 9.73 Å². The molecule has 1 aliphatic heterocycles. The molecule has 1 heterocycles. The molecule has 0 bridgehead atoms. The molecule has 1 aliphatic rings. The number of nitrogen functional groups attached to an aromatic ring is 1. The molecule has 6 nitrogen and oxygen atoms in total. The number of rotatable bonds is 4. The van der Waals surface area contributed by atoms with Gasteiger partial charge in [-0.2, -0.15) is 5.10 Å². The van der Waals surface area contributed by atoms with Crippen LogP contribution < -0.4 is 10.5 Å². The zero-order chi connectivity index (χ0) is 15.2. The highest BCUT2D eigenvalue weighted by Gasteiger charge is 2.21. The molecule has 1 aromatic rings. The number of aliphatic imine (C=N–C) groups is 1. The topological polar surface area (TPSA) is 83.1 Å². The van der Waals surface area contributed by atoms with Crippen LogP contribution in [0.3, 0.4) is 0 Å². The van der Waals surface area contributed by atoms with E-state index in [-0.39, 0.29) is 0 Å². The third-order valence-corrected chi connectivity index (χ3v) is 4.21. The van der Waals surface area contributed by atoms with Gasteiger partial charge in [0.2, 0.25) is 5.96 Å². The van der Waals surface area contributed by atoms with E-state index in [1.165, 1.54) is 0 Å². The average molecular weight is 307 g/mol. The highest BCUT2D eigenvalue weighted by atomic mass is 32.2. The molecule has 2 atom stereocenters. The molecule has 0 amide bonds. The molecule has 0 aliphatic carbocycles. The molecular weight excluding hydrogens is 286 g/mol. The second kappa shape index (κ2) is 7.21. The Morgan fingerprint density at radius 3 is 3.00 bits per heavy atom. The molecular formula is C14H21N5OS. The van der Waals surface area contributed by atoms with Crippen molar-refractivity contribution in [3.8, 4) is 0 Å². The molecule has 1 aromatic carbocycles. The van der Waals surface area contributed by atoms with Crippen LogP contribution in [0, 0.1) is 5.92 Å². The van der Waals surface area contributed by atoms with Crippen LogP contribution in [-0.4, -0.2) is 34.5 Å². The minimum atomic E-state index is -1.41. The lowest BCUT2D eigenvalue weighted by molar-refractivity contribution is 0.431. The van der Waals surface area contributed by atoms with E-state index in [1.54, 1.807) is 29.3 Å². The summed E-state index contributed by atoms with van der Waals surface area (Å²) in [6.45, 7) is 5.41. The van der Waals surface area contributed by atoms with Crippen molar-refractivity contribution < 1.29 is 4.21 Å². The van der Waals surface area contributed by atoms with E-state index in [2.05, 4.69) is 21.7 Å². The zero-order valence-electron chi connectivity index (χ0n) is 12.3. The summed E-state index contributed by atoms with van der Waals surface area (Å²) in [7, 11) is -1.41. The van der Waals surface area contributed by atoms with E-state index in [0.717, 1.165) is 13.0 Å². The Labute approximate surface area is 127 Å². The van der Waals surface area contributed by atoms with Gasteiger partial charge in [-0.1, -0.05) is 13.0 Å². The van der Waals surface area contributed by atoms with Gasteiger partial charge in [0.1, 0.15) is 0 Å². The maximum Gasteiger partial charge on any atom is 0.227 e. The fourth-order valence-electron chi connectivity index (χ4n) is 1.95. The molecule has 2 rings (SSSR count). The van der Waals surface area contributed by atoms with Crippen molar-refractivity contribution in [2.75, 3.05) is 18.8 Å². The smallest absolute Gasteiger partial charge is 0.227 e. The molecule has 0 saturated carbocycles. The van der Waals surface area contributed by atoms with E-state index in [9.17, 15) is 4.21 Å². The maximum absolute atomic E-state index is 12.4. The van der Waals surface area contributed by atoms with Crippen molar-refractivity contribution in [2.45, 2.75) is 25.2 Å². The summed E-state index contributed by atoms with van der Waals surface area (Å²) < 4.78 is 15.3. The van der Waals surface area contributed by atoms with Crippen molar-refractivity contribution in [1.29, 1.82) is 0 Å². The maximum atomic E-state index is 12.4. The SMILES string of the molecule is CCN=C(NS(=O)c1cccc(N)c1)N1CC(CC)C=N1. The molecule has 0 saturated heterocycles. The number of hydrogen-bond acceptors (Lipinski definition) is 4.